The normalized spacial score (nSPS) is 10.1. The largest absolute Gasteiger partial charge is 0.496 e. The molecule has 0 heterocycles. The number of alkyl halides is 2. The van der Waals surface area contributed by atoms with Crippen LogP contribution < -0.4 is 4.74 Å². The average molecular weight is 269 g/mol. The van der Waals surface area contributed by atoms with E-state index in [1.54, 1.807) is 6.92 Å². The van der Waals surface area contributed by atoms with E-state index in [0.717, 1.165) is 0 Å². The third-order valence-electron chi connectivity index (χ3n) is 2.44. The van der Waals surface area contributed by atoms with Crippen LogP contribution in [0.5, 0.6) is 5.75 Å². The second kappa shape index (κ2) is 6.69. The molecule has 0 saturated carbocycles. The van der Waals surface area contributed by atoms with Crippen LogP contribution in [-0.4, -0.2) is 19.7 Å². The monoisotopic (exact) mass is 269 g/mol. The molecule has 19 heavy (non-hydrogen) atoms. The lowest BCUT2D eigenvalue weighted by Crippen LogP contribution is -2.10. The maximum atomic E-state index is 13.0. The Morgan fingerprint density at radius 1 is 1.47 bits per heavy atom. The Morgan fingerprint density at radius 2 is 2.16 bits per heavy atom. The van der Waals surface area contributed by atoms with Crippen molar-refractivity contribution >= 4 is 5.97 Å². The first-order valence-electron chi connectivity index (χ1n) is 5.58. The second-order valence-corrected chi connectivity index (χ2v) is 3.65. The molecular weight excluding hydrogens is 256 g/mol. The summed E-state index contributed by atoms with van der Waals surface area (Å²) < 4.78 is 35.6. The molecule has 0 aliphatic heterocycles. The molecule has 102 valence electrons. The van der Waals surface area contributed by atoms with Crippen LogP contribution in [0, 0.1) is 11.3 Å². The van der Waals surface area contributed by atoms with Gasteiger partial charge in [0.15, 0.2) is 0 Å². The highest BCUT2D eigenvalue weighted by atomic mass is 19.3. The van der Waals surface area contributed by atoms with E-state index in [1.165, 1.54) is 19.2 Å². The van der Waals surface area contributed by atoms with Gasteiger partial charge >= 0.3 is 5.97 Å². The van der Waals surface area contributed by atoms with Crippen molar-refractivity contribution in [1.29, 1.82) is 5.26 Å². The number of carbonyl (C=O) groups excluding carboxylic acids is 1. The minimum atomic E-state index is -2.80. The fourth-order valence-electron chi connectivity index (χ4n) is 1.68. The summed E-state index contributed by atoms with van der Waals surface area (Å²) in [7, 11) is 1.23. The van der Waals surface area contributed by atoms with Crippen molar-refractivity contribution in [3.8, 4) is 11.8 Å². The van der Waals surface area contributed by atoms with E-state index in [-0.39, 0.29) is 35.5 Å². The summed E-state index contributed by atoms with van der Waals surface area (Å²) in [6.07, 6.45) is -3.12. The topological polar surface area (TPSA) is 59.3 Å². The number of hydrogen-bond donors (Lipinski definition) is 0. The van der Waals surface area contributed by atoms with Crippen molar-refractivity contribution in [2.24, 2.45) is 0 Å². The van der Waals surface area contributed by atoms with Gasteiger partial charge in [-0.3, -0.25) is 4.79 Å². The lowest BCUT2D eigenvalue weighted by molar-refractivity contribution is -0.142. The van der Waals surface area contributed by atoms with E-state index in [4.69, 9.17) is 14.7 Å². The van der Waals surface area contributed by atoms with Crippen molar-refractivity contribution < 1.29 is 23.0 Å². The van der Waals surface area contributed by atoms with Crippen LogP contribution in [0.3, 0.4) is 0 Å². The van der Waals surface area contributed by atoms with Gasteiger partial charge in [0, 0.05) is 0 Å². The second-order valence-electron chi connectivity index (χ2n) is 3.65. The first kappa shape index (κ1) is 14.9. The lowest BCUT2D eigenvalue weighted by Gasteiger charge is -2.13. The number of ether oxygens (including phenoxy) is 2. The SMILES string of the molecule is CCOC(=O)Cc1cc(C#N)cc(OC)c1C(F)F. The number of esters is 1. The zero-order chi connectivity index (χ0) is 14.4. The Morgan fingerprint density at radius 3 is 2.63 bits per heavy atom. The van der Waals surface area contributed by atoms with E-state index >= 15 is 0 Å². The molecule has 0 saturated heterocycles. The Hall–Kier alpha value is -2.16. The van der Waals surface area contributed by atoms with Gasteiger partial charge in [-0.1, -0.05) is 0 Å². The van der Waals surface area contributed by atoms with Crippen molar-refractivity contribution in [3.05, 3.63) is 28.8 Å². The molecule has 0 unspecified atom stereocenters. The van der Waals surface area contributed by atoms with Gasteiger partial charge in [-0.15, -0.1) is 0 Å². The third kappa shape index (κ3) is 3.65. The van der Waals surface area contributed by atoms with Gasteiger partial charge in [-0.25, -0.2) is 8.78 Å². The van der Waals surface area contributed by atoms with Crippen molar-refractivity contribution in [3.63, 3.8) is 0 Å². The maximum Gasteiger partial charge on any atom is 0.310 e. The fraction of sp³-hybridized carbons (Fsp3) is 0.385. The van der Waals surface area contributed by atoms with Crippen LogP contribution in [0.15, 0.2) is 12.1 Å². The molecule has 0 amide bonds. The first-order valence-corrected chi connectivity index (χ1v) is 5.58. The Bertz CT molecular complexity index is 509. The molecule has 0 N–H and O–H groups in total. The molecule has 0 aliphatic rings. The highest BCUT2D eigenvalue weighted by Gasteiger charge is 2.22. The van der Waals surface area contributed by atoms with Crippen LogP contribution >= 0.6 is 0 Å². The molecule has 6 heteroatoms. The van der Waals surface area contributed by atoms with Crippen LogP contribution in [0.25, 0.3) is 0 Å². The summed E-state index contributed by atoms with van der Waals surface area (Å²) in [5.41, 5.74) is -0.181. The van der Waals surface area contributed by atoms with E-state index < -0.39 is 12.4 Å². The minimum absolute atomic E-state index is 0.0457. The van der Waals surface area contributed by atoms with E-state index in [9.17, 15) is 13.6 Å². The molecule has 0 radical (unpaired) electrons. The molecule has 0 aromatic heterocycles. The number of halogens is 2. The molecule has 0 spiro atoms. The van der Waals surface area contributed by atoms with Crippen molar-refractivity contribution in [2.75, 3.05) is 13.7 Å². The van der Waals surface area contributed by atoms with Crippen molar-refractivity contribution in [2.45, 2.75) is 19.8 Å². The number of hydrogen-bond acceptors (Lipinski definition) is 4. The predicted molar refractivity (Wildman–Crippen MR) is 63.0 cm³/mol. The zero-order valence-electron chi connectivity index (χ0n) is 10.6. The number of methoxy groups -OCH3 is 1. The van der Waals surface area contributed by atoms with Gasteiger partial charge in [-0.2, -0.15) is 5.26 Å². The number of nitrogens with zero attached hydrogens (tertiary/aromatic N) is 1. The van der Waals surface area contributed by atoms with Gasteiger partial charge in [-0.05, 0) is 24.6 Å². The highest BCUT2D eigenvalue weighted by molar-refractivity contribution is 5.74. The summed E-state index contributed by atoms with van der Waals surface area (Å²) in [6, 6.07) is 4.31. The zero-order valence-corrected chi connectivity index (χ0v) is 10.6. The number of rotatable bonds is 5. The predicted octanol–water partition coefficient (Wildman–Crippen LogP) is 2.61. The molecule has 0 atom stereocenters. The minimum Gasteiger partial charge on any atom is -0.496 e. The fourth-order valence-corrected chi connectivity index (χ4v) is 1.68. The quantitative estimate of drug-likeness (QED) is 0.771. The summed E-state index contributed by atoms with van der Waals surface area (Å²) in [4.78, 5) is 11.4. The van der Waals surface area contributed by atoms with Gasteiger partial charge in [0.05, 0.1) is 37.3 Å². The van der Waals surface area contributed by atoms with Crippen LogP contribution in [0.1, 0.15) is 30.0 Å². The van der Waals surface area contributed by atoms with Crippen LogP contribution in [-0.2, 0) is 16.0 Å². The maximum absolute atomic E-state index is 13.0. The number of benzene rings is 1. The molecule has 1 aromatic rings. The molecule has 1 rings (SSSR count). The molecule has 4 nitrogen and oxygen atoms in total. The van der Waals surface area contributed by atoms with Gasteiger partial charge < -0.3 is 9.47 Å². The molecular formula is C13H13F2NO3. The van der Waals surface area contributed by atoms with E-state index in [0.29, 0.717) is 0 Å². The van der Waals surface area contributed by atoms with Gasteiger partial charge in [0.1, 0.15) is 5.75 Å². The highest BCUT2D eigenvalue weighted by Crippen LogP contribution is 2.33. The summed E-state index contributed by atoms with van der Waals surface area (Å²) >= 11 is 0. The molecule has 0 bridgehead atoms. The number of carbonyl (C=O) groups is 1. The lowest BCUT2D eigenvalue weighted by atomic mass is 10.0. The Labute approximate surface area is 109 Å². The van der Waals surface area contributed by atoms with E-state index in [2.05, 4.69) is 0 Å². The molecule has 0 fully saturated rings. The summed E-state index contributed by atoms with van der Waals surface area (Å²) in [5.74, 6) is -0.727. The van der Waals surface area contributed by atoms with Gasteiger partial charge in [0.25, 0.3) is 6.43 Å². The van der Waals surface area contributed by atoms with Gasteiger partial charge in [0.2, 0.25) is 0 Å². The summed E-state index contributed by atoms with van der Waals surface area (Å²) in [5, 5.41) is 8.84. The van der Waals surface area contributed by atoms with Crippen LogP contribution in [0.2, 0.25) is 0 Å². The van der Waals surface area contributed by atoms with Crippen molar-refractivity contribution in [1.82, 2.24) is 0 Å². The Balaban J connectivity index is 3.26. The standard InChI is InChI=1S/C13H13F2NO3/c1-3-19-11(17)6-9-4-8(7-16)5-10(18-2)12(9)13(14)15/h4-5,13H,3,6H2,1-2H3. The smallest absolute Gasteiger partial charge is 0.310 e. The van der Waals surface area contributed by atoms with E-state index in [1.807, 2.05) is 6.07 Å². The van der Waals surface area contributed by atoms with Crippen LogP contribution in [0.4, 0.5) is 8.78 Å². The first-order chi connectivity index (χ1) is 9.03. The summed E-state index contributed by atoms with van der Waals surface area (Å²) in [6.45, 7) is 1.79. The molecule has 1 aromatic carbocycles. The third-order valence-corrected chi connectivity index (χ3v) is 2.44. The Kier molecular flexibility index (Phi) is 5.24. The number of nitriles is 1. The average Bonchev–Trinajstić information content (AvgIpc) is 2.37. The molecule has 0 aliphatic carbocycles.